The van der Waals surface area contributed by atoms with E-state index in [0.29, 0.717) is 16.8 Å². The van der Waals surface area contributed by atoms with E-state index in [0.717, 1.165) is 42.4 Å². The van der Waals surface area contributed by atoms with Crippen LogP contribution in [0.1, 0.15) is 25.3 Å². The molecule has 2 saturated heterocycles. The molecule has 4 rings (SSSR count). The van der Waals surface area contributed by atoms with E-state index in [4.69, 9.17) is 11.6 Å². The number of hydrogen-bond donors (Lipinski definition) is 1. The molecule has 138 valence electrons. The first-order valence-electron chi connectivity index (χ1n) is 9.37. The number of anilines is 1. The molecule has 3 heterocycles. The van der Waals surface area contributed by atoms with Crippen LogP contribution in [0.3, 0.4) is 0 Å². The molecular formula is C20H25ClN4O. The third kappa shape index (κ3) is 3.14. The van der Waals surface area contributed by atoms with Crippen molar-refractivity contribution in [2.75, 3.05) is 31.6 Å². The van der Waals surface area contributed by atoms with E-state index in [1.807, 2.05) is 25.1 Å². The molecule has 2 atom stereocenters. The van der Waals surface area contributed by atoms with Gasteiger partial charge < -0.3 is 14.9 Å². The molecule has 0 aliphatic carbocycles. The van der Waals surface area contributed by atoms with Crippen LogP contribution in [0.2, 0.25) is 5.02 Å². The van der Waals surface area contributed by atoms with Crippen LogP contribution in [-0.2, 0) is 6.42 Å². The highest BCUT2D eigenvalue weighted by atomic mass is 35.5. The van der Waals surface area contributed by atoms with Crippen molar-refractivity contribution in [1.29, 1.82) is 0 Å². The number of nitrogens with zero attached hydrogens (tertiary/aromatic N) is 4. The van der Waals surface area contributed by atoms with Crippen molar-refractivity contribution in [2.24, 2.45) is 5.92 Å². The Bertz CT molecular complexity index is 795. The van der Waals surface area contributed by atoms with E-state index in [-0.39, 0.29) is 5.75 Å². The van der Waals surface area contributed by atoms with E-state index < -0.39 is 0 Å². The first-order chi connectivity index (χ1) is 12.6. The van der Waals surface area contributed by atoms with Crippen LogP contribution in [0.25, 0.3) is 11.3 Å². The number of rotatable bonds is 3. The Morgan fingerprint density at radius 2 is 2.00 bits per heavy atom. The number of phenols is 1. The molecule has 0 amide bonds. The van der Waals surface area contributed by atoms with Gasteiger partial charge in [0.25, 0.3) is 0 Å². The van der Waals surface area contributed by atoms with Crippen LogP contribution in [0, 0.1) is 5.92 Å². The summed E-state index contributed by atoms with van der Waals surface area (Å²) < 4.78 is 0. The molecule has 26 heavy (non-hydrogen) atoms. The van der Waals surface area contributed by atoms with Gasteiger partial charge in [0.1, 0.15) is 5.75 Å². The Labute approximate surface area is 159 Å². The van der Waals surface area contributed by atoms with Crippen molar-refractivity contribution in [3.8, 4) is 17.0 Å². The van der Waals surface area contributed by atoms with E-state index in [1.165, 1.54) is 19.4 Å². The summed E-state index contributed by atoms with van der Waals surface area (Å²) in [6, 6.07) is 7.98. The Morgan fingerprint density at radius 1 is 1.19 bits per heavy atom. The van der Waals surface area contributed by atoms with Crippen LogP contribution in [0.15, 0.2) is 24.3 Å². The van der Waals surface area contributed by atoms with Gasteiger partial charge in [-0.1, -0.05) is 18.5 Å². The largest absolute Gasteiger partial charge is 0.507 e. The maximum atomic E-state index is 10.4. The maximum Gasteiger partial charge on any atom is 0.151 e. The average molecular weight is 373 g/mol. The first kappa shape index (κ1) is 17.6. The van der Waals surface area contributed by atoms with E-state index in [2.05, 4.69) is 27.0 Å². The summed E-state index contributed by atoms with van der Waals surface area (Å²) in [5, 5.41) is 19.8. The molecule has 6 heteroatoms. The molecule has 2 aromatic rings. The molecule has 0 saturated carbocycles. The molecular weight excluding hydrogens is 348 g/mol. The molecule has 1 aromatic carbocycles. The van der Waals surface area contributed by atoms with Crippen LogP contribution in [-0.4, -0.2) is 52.9 Å². The zero-order valence-corrected chi connectivity index (χ0v) is 16.1. The Morgan fingerprint density at radius 3 is 2.73 bits per heavy atom. The zero-order valence-electron chi connectivity index (χ0n) is 15.3. The summed E-state index contributed by atoms with van der Waals surface area (Å²) in [5.74, 6) is 1.86. The summed E-state index contributed by atoms with van der Waals surface area (Å²) in [7, 11) is 2.19. The molecule has 0 unspecified atom stereocenters. The van der Waals surface area contributed by atoms with Crippen LogP contribution >= 0.6 is 11.6 Å². The van der Waals surface area contributed by atoms with Crippen molar-refractivity contribution >= 4 is 17.4 Å². The number of aryl methyl sites for hydroxylation is 1. The van der Waals surface area contributed by atoms with Crippen molar-refractivity contribution in [3.05, 3.63) is 34.9 Å². The third-order valence-corrected chi connectivity index (χ3v) is 6.03. The summed E-state index contributed by atoms with van der Waals surface area (Å²) >= 11 is 6.07. The summed E-state index contributed by atoms with van der Waals surface area (Å²) in [5.41, 5.74) is 2.40. The van der Waals surface area contributed by atoms with Gasteiger partial charge in [-0.15, -0.1) is 10.2 Å². The van der Waals surface area contributed by atoms with Gasteiger partial charge in [0, 0.05) is 29.7 Å². The lowest BCUT2D eigenvalue weighted by Gasteiger charge is -2.36. The predicted molar refractivity (Wildman–Crippen MR) is 105 cm³/mol. The standard InChI is InChI=1S/C20H25ClN4O/c1-3-13-10-15(21)11-18(26)20(13)16-4-5-19(23-22-16)25-9-7-14-6-8-24(2)12-17(14)25/h4-5,10-11,14,17,26H,3,6-9,12H2,1-2H3/t14-,17-/m1/s1. The minimum atomic E-state index is 0.159. The molecule has 2 fully saturated rings. The van der Waals surface area contributed by atoms with E-state index in [9.17, 15) is 5.11 Å². The van der Waals surface area contributed by atoms with Crippen molar-refractivity contribution in [3.63, 3.8) is 0 Å². The number of likely N-dealkylation sites (tertiary alicyclic amines) is 1. The SMILES string of the molecule is CCc1cc(Cl)cc(O)c1-c1ccc(N2CC[C@H]3CCN(C)C[C@H]32)nn1. The lowest BCUT2D eigenvalue weighted by atomic mass is 9.92. The van der Waals surface area contributed by atoms with Gasteiger partial charge in [0.2, 0.25) is 0 Å². The zero-order chi connectivity index (χ0) is 18.3. The highest BCUT2D eigenvalue weighted by Crippen LogP contribution is 2.37. The molecule has 2 aliphatic heterocycles. The number of fused-ring (bicyclic) bond motifs is 1. The summed E-state index contributed by atoms with van der Waals surface area (Å²) in [6.07, 6.45) is 3.27. The monoisotopic (exact) mass is 372 g/mol. The van der Waals surface area contributed by atoms with Crippen molar-refractivity contribution in [1.82, 2.24) is 15.1 Å². The second kappa shape index (κ2) is 7.05. The average Bonchev–Trinajstić information content (AvgIpc) is 3.04. The molecule has 2 aliphatic rings. The highest BCUT2D eigenvalue weighted by Gasteiger charge is 2.38. The number of aromatic nitrogens is 2. The number of hydrogen-bond acceptors (Lipinski definition) is 5. The molecule has 0 spiro atoms. The van der Waals surface area contributed by atoms with Crippen molar-refractivity contribution < 1.29 is 5.11 Å². The van der Waals surface area contributed by atoms with Gasteiger partial charge in [-0.25, -0.2) is 0 Å². The van der Waals surface area contributed by atoms with Gasteiger partial charge >= 0.3 is 0 Å². The lowest BCUT2D eigenvalue weighted by molar-refractivity contribution is 0.207. The number of piperidine rings is 1. The van der Waals surface area contributed by atoms with Crippen molar-refractivity contribution in [2.45, 2.75) is 32.2 Å². The summed E-state index contributed by atoms with van der Waals surface area (Å²) in [6.45, 7) is 5.37. The minimum Gasteiger partial charge on any atom is -0.507 e. The molecule has 1 aromatic heterocycles. The number of aromatic hydroxyl groups is 1. The van der Waals surface area contributed by atoms with Gasteiger partial charge in [-0.3, -0.25) is 0 Å². The molecule has 0 bridgehead atoms. The topological polar surface area (TPSA) is 52.5 Å². The van der Waals surface area contributed by atoms with E-state index >= 15 is 0 Å². The Hall–Kier alpha value is -1.85. The fourth-order valence-corrected chi connectivity index (χ4v) is 4.65. The second-order valence-corrected chi connectivity index (χ2v) is 7.89. The number of benzene rings is 1. The molecule has 1 N–H and O–H groups in total. The van der Waals surface area contributed by atoms with Crippen LogP contribution in [0.4, 0.5) is 5.82 Å². The number of halogens is 1. The Kier molecular flexibility index (Phi) is 4.76. The normalized spacial score (nSPS) is 23.3. The number of phenolic OH excluding ortho intramolecular Hbond substituents is 1. The molecule has 5 nitrogen and oxygen atoms in total. The third-order valence-electron chi connectivity index (χ3n) is 5.81. The maximum absolute atomic E-state index is 10.4. The van der Waals surface area contributed by atoms with Gasteiger partial charge in [0.15, 0.2) is 5.82 Å². The van der Waals surface area contributed by atoms with E-state index in [1.54, 1.807) is 6.07 Å². The fourth-order valence-electron chi connectivity index (χ4n) is 4.42. The van der Waals surface area contributed by atoms with Gasteiger partial charge in [-0.2, -0.15) is 0 Å². The smallest absolute Gasteiger partial charge is 0.151 e. The number of likely N-dealkylation sites (N-methyl/N-ethyl adjacent to an activating group) is 1. The first-order valence-corrected chi connectivity index (χ1v) is 9.75. The highest BCUT2D eigenvalue weighted by molar-refractivity contribution is 6.31. The second-order valence-electron chi connectivity index (χ2n) is 7.45. The minimum absolute atomic E-state index is 0.159. The fraction of sp³-hybridized carbons (Fsp3) is 0.500. The predicted octanol–water partition coefficient (Wildman–Crippen LogP) is 3.60. The quantitative estimate of drug-likeness (QED) is 0.892. The summed E-state index contributed by atoms with van der Waals surface area (Å²) in [4.78, 5) is 4.81. The Balaban J connectivity index is 1.62. The lowest BCUT2D eigenvalue weighted by Crippen LogP contribution is -2.47. The van der Waals surface area contributed by atoms with Crippen LogP contribution < -0.4 is 4.90 Å². The van der Waals surface area contributed by atoms with Gasteiger partial charge in [-0.05, 0) is 68.6 Å². The van der Waals surface area contributed by atoms with Crippen LogP contribution in [0.5, 0.6) is 5.75 Å². The van der Waals surface area contributed by atoms with Gasteiger partial charge in [0.05, 0.1) is 5.69 Å². The molecule has 0 radical (unpaired) electrons.